The molecule has 0 aliphatic heterocycles. The van der Waals surface area contributed by atoms with E-state index in [9.17, 15) is 4.79 Å². The molecule has 1 atom stereocenters. The molecule has 2 aromatic rings. The van der Waals surface area contributed by atoms with Gasteiger partial charge in [-0.1, -0.05) is 41.4 Å². The third-order valence-electron chi connectivity index (χ3n) is 3.91. The van der Waals surface area contributed by atoms with Crippen LogP contribution in [-0.2, 0) is 4.79 Å². The number of carbonyl (C=O) groups excluding carboxylic acids is 1. The van der Waals surface area contributed by atoms with Crippen LogP contribution in [0.4, 0.5) is 5.69 Å². The fraction of sp³-hybridized carbons (Fsp3) is 0.316. The predicted molar refractivity (Wildman–Crippen MR) is 105 cm³/mol. The molecule has 7 heteroatoms. The summed E-state index contributed by atoms with van der Waals surface area (Å²) in [6, 6.07) is 12.6. The van der Waals surface area contributed by atoms with Gasteiger partial charge in [-0.15, -0.1) is 0 Å². The van der Waals surface area contributed by atoms with Crippen molar-refractivity contribution < 1.29 is 19.2 Å². The lowest BCUT2D eigenvalue weighted by atomic mass is 10.3. The van der Waals surface area contributed by atoms with Crippen molar-refractivity contribution in [1.82, 2.24) is 0 Å². The molecule has 0 aliphatic carbocycles. The summed E-state index contributed by atoms with van der Waals surface area (Å²) in [6.45, 7) is 4.20. The van der Waals surface area contributed by atoms with Gasteiger partial charge in [0, 0.05) is 0 Å². The molecule has 140 valence electrons. The second-order valence-electron chi connectivity index (χ2n) is 5.68. The molecule has 2 aromatic carbocycles. The molecule has 1 amide bonds. The summed E-state index contributed by atoms with van der Waals surface area (Å²) in [5.74, 6) is 1.03. The average Bonchev–Trinajstić information content (AvgIpc) is 2.63. The van der Waals surface area contributed by atoms with Gasteiger partial charge in [0.2, 0.25) is 0 Å². The van der Waals surface area contributed by atoms with Gasteiger partial charge in [0.25, 0.3) is 5.91 Å². The first kappa shape index (κ1) is 20.4. The van der Waals surface area contributed by atoms with Gasteiger partial charge in [-0.05, 0) is 31.2 Å². The molecule has 0 radical (unpaired) electrons. The number of rotatable bonds is 9. The Hall–Kier alpha value is -1.95. The van der Waals surface area contributed by atoms with Gasteiger partial charge in [0.15, 0.2) is 12.3 Å². The predicted octanol–water partition coefficient (Wildman–Crippen LogP) is 2.92. The van der Waals surface area contributed by atoms with E-state index in [1.165, 1.54) is 0 Å². The van der Waals surface area contributed by atoms with Crippen molar-refractivity contribution in [1.29, 1.82) is 0 Å². The van der Waals surface area contributed by atoms with Crippen molar-refractivity contribution >= 4 is 34.8 Å². The summed E-state index contributed by atoms with van der Waals surface area (Å²) in [7, 11) is 1.58. The van der Waals surface area contributed by atoms with Crippen LogP contribution in [0.3, 0.4) is 0 Å². The zero-order chi connectivity index (χ0) is 18.9. The van der Waals surface area contributed by atoms with E-state index in [2.05, 4.69) is 5.32 Å². The van der Waals surface area contributed by atoms with Crippen molar-refractivity contribution in [3.05, 3.63) is 52.5 Å². The first-order valence-corrected chi connectivity index (χ1v) is 9.14. The monoisotopic (exact) mass is 397 g/mol. The molecule has 0 saturated heterocycles. The van der Waals surface area contributed by atoms with E-state index >= 15 is 0 Å². The number of quaternary nitrogens is 1. The van der Waals surface area contributed by atoms with Gasteiger partial charge in [-0.2, -0.15) is 0 Å². The lowest BCUT2D eigenvalue weighted by Gasteiger charge is -2.18. The van der Waals surface area contributed by atoms with E-state index in [1.807, 2.05) is 25.1 Å². The Balaban J connectivity index is 1.86. The van der Waals surface area contributed by atoms with Crippen LogP contribution in [0.2, 0.25) is 10.0 Å². The number of methoxy groups -OCH3 is 1. The number of halogens is 2. The van der Waals surface area contributed by atoms with Crippen molar-refractivity contribution in [3.8, 4) is 11.5 Å². The summed E-state index contributed by atoms with van der Waals surface area (Å²) >= 11 is 12.2. The van der Waals surface area contributed by atoms with Gasteiger partial charge < -0.3 is 19.7 Å². The summed E-state index contributed by atoms with van der Waals surface area (Å²) in [5, 5.41) is 3.84. The molecule has 0 aliphatic rings. The third-order valence-corrected chi connectivity index (χ3v) is 4.51. The molecule has 0 spiro atoms. The molecular weight excluding hydrogens is 375 g/mol. The quantitative estimate of drug-likeness (QED) is 0.683. The number of likely N-dealkylation sites (N-methyl/N-ethyl adjacent to an activating group) is 1. The maximum absolute atomic E-state index is 12.3. The minimum Gasteiger partial charge on any atom is -0.495 e. The highest BCUT2D eigenvalue weighted by atomic mass is 35.5. The fourth-order valence-electron chi connectivity index (χ4n) is 2.48. The maximum atomic E-state index is 12.3. The van der Waals surface area contributed by atoms with Gasteiger partial charge in [0.1, 0.15) is 18.9 Å². The second-order valence-corrected chi connectivity index (χ2v) is 6.49. The van der Waals surface area contributed by atoms with Crippen LogP contribution < -0.4 is 19.7 Å². The van der Waals surface area contributed by atoms with E-state index in [0.717, 1.165) is 11.4 Å². The number of anilines is 1. The Labute approximate surface area is 163 Å². The summed E-state index contributed by atoms with van der Waals surface area (Å²) in [5.41, 5.74) is 0.662. The van der Waals surface area contributed by atoms with Crippen LogP contribution in [0.25, 0.3) is 0 Å². The normalized spacial score (nSPS) is 11.7. The minimum absolute atomic E-state index is 0.0814. The SMILES string of the molecule is CC[NH+](CCOc1c(Cl)cccc1Cl)CC(=O)Nc1ccccc1OC. The van der Waals surface area contributed by atoms with Crippen LogP contribution in [0.1, 0.15) is 6.92 Å². The van der Waals surface area contributed by atoms with E-state index < -0.39 is 0 Å². The zero-order valence-electron chi connectivity index (χ0n) is 14.9. The Bertz CT molecular complexity index is 720. The van der Waals surface area contributed by atoms with Crippen molar-refractivity contribution in [2.75, 3.05) is 38.7 Å². The molecule has 2 N–H and O–H groups in total. The number of hydrogen-bond donors (Lipinski definition) is 2. The number of ether oxygens (including phenoxy) is 2. The van der Waals surface area contributed by atoms with Gasteiger partial charge >= 0.3 is 0 Å². The Morgan fingerprint density at radius 2 is 1.81 bits per heavy atom. The average molecular weight is 398 g/mol. The Morgan fingerprint density at radius 1 is 1.12 bits per heavy atom. The summed E-state index contributed by atoms with van der Waals surface area (Å²) in [4.78, 5) is 13.4. The largest absolute Gasteiger partial charge is 0.495 e. The van der Waals surface area contributed by atoms with E-state index in [0.29, 0.717) is 46.9 Å². The standard InChI is InChI=1S/C19H22Cl2N2O3/c1-3-23(11-12-26-19-14(20)7-6-8-15(19)21)13-18(24)22-16-9-4-5-10-17(16)25-2/h4-10H,3,11-13H2,1-2H3,(H,22,24)/p+1. The van der Waals surface area contributed by atoms with E-state index in [1.54, 1.807) is 31.4 Å². The first-order chi connectivity index (χ1) is 12.5. The number of amides is 1. The first-order valence-electron chi connectivity index (χ1n) is 8.38. The fourth-order valence-corrected chi connectivity index (χ4v) is 2.98. The maximum Gasteiger partial charge on any atom is 0.279 e. The molecule has 0 bridgehead atoms. The van der Waals surface area contributed by atoms with Gasteiger partial charge in [-0.25, -0.2) is 0 Å². The van der Waals surface area contributed by atoms with Crippen LogP contribution >= 0.6 is 23.2 Å². The van der Waals surface area contributed by atoms with Crippen molar-refractivity contribution in [2.45, 2.75) is 6.92 Å². The van der Waals surface area contributed by atoms with Crippen molar-refractivity contribution in [3.63, 3.8) is 0 Å². The van der Waals surface area contributed by atoms with Crippen LogP contribution in [0, 0.1) is 0 Å². The molecule has 0 saturated carbocycles. The summed E-state index contributed by atoms with van der Waals surface area (Å²) in [6.07, 6.45) is 0. The van der Waals surface area contributed by atoms with Crippen molar-refractivity contribution in [2.24, 2.45) is 0 Å². The third kappa shape index (κ3) is 5.80. The molecule has 5 nitrogen and oxygen atoms in total. The Kier molecular flexibility index (Phi) is 8.04. The molecule has 0 heterocycles. The lowest BCUT2D eigenvalue weighted by Crippen LogP contribution is -3.13. The number of nitrogens with one attached hydrogen (secondary N) is 2. The van der Waals surface area contributed by atoms with E-state index in [4.69, 9.17) is 32.7 Å². The smallest absolute Gasteiger partial charge is 0.279 e. The zero-order valence-corrected chi connectivity index (χ0v) is 16.4. The topological polar surface area (TPSA) is 52.0 Å². The molecule has 1 unspecified atom stereocenters. The highest BCUT2D eigenvalue weighted by Crippen LogP contribution is 2.32. The highest BCUT2D eigenvalue weighted by Gasteiger charge is 2.15. The summed E-state index contributed by atoms with van der Waals surface area (Å²) < 4.78 is 10.9. The van der Waals surface area contributed by atoms with Crippen LogP contribution in [0.15, 0.2) is 42.5 Å². The number of benzene rings is 2. The number of carbonyl (C=O) groups is 1. The molecule has 26 heavy (non-hydrogen) atoms. The van der Waals surface area contributed by atoms with Gasteiger partial charge in [-0.3, -0.25) is 4.79 Å². The van der Waals surface area contributed by atoms with Crippen LogP contribution in [0.5, 0.6) is 11.5 Å². The Morgan fingerprint density at radius 3 is 2.46 bits per heavy atom. The molecular formula is C19H23Cl2N2O3+. The highest BCUT2D eigenvalue weighted by molar-refractivity contribution is 6.37. The number of hydrogen-bond acceptors (Lipinski definition) is 3. The molecule has 0 fully saturated rings. The van der Waals surface area contributed by atoms with Crippen LogP contribution in [-0.4, -0.2) is 39.3 Å². The number of para-hydroxylation sites is 3. The molecule has 2 rings (SSSR count). The van der Waals surface area contributed by atoms with E-state index in [-0.39, 0.29) is 5.91 Å². The lowest BCUT2D eigenvalue weighted by molar-refractivity contribution is -0.889. The molecule has 0 aromatic heterocycles. The van der Waals surface area contributed by atoms with Gasteiger partial charge in [0.05, 0.1) is 29.4 Å². The second kappa shape index (κ2) is 10.3. The minimum atomic E-state index is -0.0814.